The van der Waals surface area contributed by atoms with E-state index >= 15 is 0 Å². The number of carbonyl (C=O) groups is 1. The zero-order valence-electron chi connectivity index (χ0n) is 26.6. The molecule has 1 aliphatic carbocycles. The molecule has 0 radical (unpaired) electrons. The van der Waals surface area contributed by atoms with Crippen LogP contribution in [0.3, 0.4) is 0 Å². The van der Waals surface area contributed by atoms with E-state index in [1.807, 2.05) is 35.0 Å². The number of amides is 1. The average Bonchev–Trinajstić information content (AvgIpc) is 3.59. The maximum atomic E-state index is 12.9. The third kappa shape index (κ3) is 6.82. The summed E-state index contributed by atoms with van der Waals surface area (Å²) in [4.78, 5) is 12.9. The van der Waals surface area contributed by atoms with Crippen LogP contribution in [0, 0.1) is 3.57 Å². The average molecular weight is 722 g/mol. The van der Waals surface area contributed by atoms with Crippen LogP contribution >= 0.6 is 22.6 Å². The number of benzene rings is 3. The van der Waals surface area contributed by atoms with Crippen LogP contribution in [0.25, 0.3) is 0 Å². The van der Waals surface area contributed by atoms with Crippen molar-refractivity contribution in [1.29, 1.82) is 0 Å². The lowest BCUT2D eigenvalue weighted by Crippen LogP contribution is -2.67. The quantitative estimate of drug-likeness (QED) is 0.147. The second-order valence-electron chi connectivity index (χ2n) is 13.7. The second-order valence-corrected chi connectivity index (χ2v) is 19.1. The summed E-state index contributed by atoms with van der Waals surface area (Å²) in [7, 11) is -2.65. The molecule has 1 saturated carbocycles. The van der Waals surface area contributed by atoms with Gasteiger partial charge in [-0.2, -0.15) is 5.10 Å². The molecule has 0 saturated heterocycles. The van der Waals surface area contributed by atoms with Gasteiger partial charge in [-0.25, -0.2) is 9.48 Å². The van der Waals surface area contributed by atoms with Gasteiger partial charge in [-0.15, -0.1) is 0 Å². The standard InChI is InChI=1S/C36H44IN3O3Si/c1-35(2,3)40-33(38-34(41)42-25-26-16-10-7-11-17-26)31(37)32(39-40)27-22-23-28(24-27)43-44(36(4,5)6,29-18-12-8-13-19-29)30-20-14-9-15-21-30/h7-21,27-28H,22-25H2,1-6H3,(H,38,41)/t27?,28-/m1/s1. The number of nitrogens with one attached hydrogen (secondary N) is 1. The van der Waals surface area contributed by atoms with E-state index in [1.165, 1.54) is 10.4 Å². The van der Waals surface area contributed by atoms with Crippen LogP contribution < -0.4 is 15.7 Å². The molecule has 1 aliphatic rings. The fraction of sp³-hybridized carbons (Fsp3) is 0.389. The van der Waals surface area contributed by atoms with Gasteiger partial charge in [0.2, 0.25) is 0 Å². The summed E-state index contributed by atoms with van der Waals surface area (Å²) in [5, 5.41) is 10.7. The molecule has 1 amide bonds. The zero-order chi connectivity index (χ0) is 31.5. The van der Waals surface area contributed by atoms with Crippen LogP contribution in [-0.4, -0.2) is 30.3 Å². The molecule has 0 aliphatic heterocycles. The molecule has 1 aromatic heterocycles. The summed E-state index contributed by atoms with van der Waals surface area (Å²) < 4.78 is 15.9. The zero-order valence-corrected chi connectivity index (χ0v) is 29.8. The third-order valence-electron chi connectivity index (χ3n) is 8.45. The van der Waals surface area contributed by atoms with Gasteiger partial charge in [-0.3, -0.25) is 5.32 Å². The molecule has 5 rings (SSSR count). The number of halogens is 1. The summed E-state index contributed by atoms with van der Waals surface area (Å²) in [5.41, 5.74) is 1.64. The van der Waals surface area contributed by atoms with Crippen LogP contribution in [0.15, 0.2) is 91.0 Å². The highest BCUT2D eigenvalue weighted by atomic mass is 127. The molecule has 1 fully saturated rings. The highest BCUT2D eigenvalue weighted by molar-refractivity contribution is 14.1. The maximum absolute atomic E-state index is 12.9. The predicted octanol–water partition coefficient (Wildman–Crippen LogP) is 8.20. The first-order chi connectivity index (χ1) is 20.9. The molecule has 4 aromatic rings. The van der Waals surface area contributed by atoms with Crippen LogP contribution in [0.5, 0.6) is 0 Å². The Balaban J connectivity index is 1.41. The molecule has 232 valence electrons. The van der Waals surface area contributed by atoms with E-state index in [1.54, 1.807) is 0 Å². The molecular weight excluding hydrogens is 677 g/mol. The summed E-state index contributed by atoms with van der Waals surface area (Å²) in [6, 6.07) is 31.4. The van der Waals surface area contributed by atoms with Crippen molar-refractivity contribution in [2.45, 2.75) is 90.0 Å². The number of hydrogen-bond acceptors (Lipinski definition) is 4. The Morgan fingerprint density at radius 1 is 0.886 bits per heavy atom. The van der Waals surface area contributed by atoms with Crippen molar-refractivity contribution >= 4 is 53.2 Å². The molecule has 44 heavy (non-hydrogen) atoms. The number of aromatic nitrogens is 2. The highest BCUT2D eigenvalue weighted by Gasteiger charge is 2.52. The first kappa shape index (κ1) is 32.4. The minimum atomic E-state index is -2.65. The Bertz CT molecular complexity index is 1510. The van der Waals surface area contributed by atoms with Gasteiger partial charge in [0, 0.05) is 12.0 Å². The molecule has 3 aromatic carbocycles. The van der Waals surface area contributed by atoms with Gasteiger partial charge in [-0.05, 0) is 83.6 Å². The van der Waals surface area contributed by atoms with Crippen molar-refractivity contribution in [3.63, 3.8) is 0 Å². The van der Waals surface area contributed by atoms with Gasteiger partial charge in [0.1, 0.15) is 12.4 Å². The molecule has 6 nitrogen and oxygen atoms in total. The largest absolute Gasteiger partial charge is 0.444 e. The second kappa shape index (κ2) is 13.2. The van der Waals surface area contributed by atoms with E-state index in [0.29, 0.717) is 5.82 Å². The summed E-state index contributed by atoms with van der Waals surface area (Å²) in [6.45, 7) is 13.5. The van der Waals surface area contributed by atoms with E-state index in [-0.39, 0.29) is 29.2 Å². The van der Waals surface area contributed by atoms with Crippen molar-refractivity contribution < 1.29 is 14.0 Å². The molecule has 2 atom stereocenters. The minimum Gasteiger partial charge on any atom is -0.444 e. The fourth-order valence-electron chi connectivity index (χ4n) is 6.36. The summed E-state index contributed by atoms with van der Waals surface area (Å²) >= 11 is 2.35. The number of hydrogen-bond donors (Lipinski definition) is 1. The van der Waals surface area contributed by atoms with Gasteiger partial charge >= 0.3 is 6.09 Å². The van der Waals surface area contributed by atoms with E-state index < -0.39 is 14.4 Å². The van der Waals surface area contributed by atoms with Crippen LogP contribution in [0.1, 0.15) is 78.0 Å². The molecule has 8 heteroatoms. The molecule has 1 heterocycles. The lowest BCUT2D eigenvalue weighted by atomic mass is 10.0. The summed E-state index contributed by atoms with van der Waals surface area (Å²) in [6.07, 6.45) is 2.46. The van der Waals surface area contributed by atoms with Crippen molar-refractivity contribution in [3.05, 3.63) is 106 Å². The normalized spacial score (nSPS) is 17.4. The number of anilines is 1. The molecule has 1 unspecified atom stereocenters. The van der Waals surface area contributed by atoms with Crippen molar-refractivity contribution in [2.75, 3.05) is 5.32 Å². The Kier molecular flexibility index (Phi) is 9.72. The first-order valence-corrected chi connectivity index (χ1v) is 18.4. The van der Waals surface area contributed by atoms with Crippen LogP contribution in [0.2, 0.25) is 5.04 Å². The fourth-order valence-corrected chi connectivity index (χ4v) is 12.0. The molecule has 0 spiro atoms. The number of carbonyl (C=O) groups excluding carboxylic acids is 1. The third-order valence-corrected chi connectivity index (χ3v) is 14.6. The SMILES string of the molecule is CC(C)(C)n1nc(C2CC[C@@H](O[Si](c3ccccc3)(c3ccccc3)C(C)(C)C)C2)c(I)c1NC(=O)OCc1ccccc1. The Morgan fingerprint density at radius 2 is 1.43 bits per heavy atom. The number of nitrogens with zero attached hydrogens (tertiary/aromatic N) is 2. The van der Waals surface area contributed by atoms with Gasteiger partial charge in [-0.1, -0.05) is 112 Å². The number of rotatable bonds is 8. The topological polar surface area (TPSA) is 65.4 Å². The van der Waals surface area contributed by atoms with Crippen LogP contribution in [0.4, 0.5) is 10.6 Å². The summed E-state index contributed by atoms with van der Waals surface area (Å²) in [5.74, 6) is 0.914. The van der Waals surface area contributed by atoms with Crippen molar-refractivity contribution in [3.8, 4) is 0 Å². The molecular formula is C36H44IN3O3Si. The smallest absolute Gasteiger partial charge is 0.413 e. The first-order valence-electron chi connectivity index (χ1n) is 15.5. The Labute approximate surface area is 276 Å². The van der Waals surface area contributed by atoms with E-state index in [9.17, 15) is 4.79 Å². The lowest BCUT2D eigenvalue weighted by Gasteiger charge is -2.44. The minimum absolute atomic E-state index is 0.0762. The van der Waals surface area contributed by atoms with Crippen molar-refractivity contribution in [1.82, 2.24) is 9.78 Å². The lowest BCUT2D eigenvalue weighted by molar-refractivity contribution is 0.154. The van der Waals surface area contributed by atoms with Gasteiger partial charge in [0.15, 0.2) is 0 Å². The molecule has 1 N–H and O–H groups in total. The Hall–Kier alpha value is -2.95. The Morgan fingerprint density at radius 3 is 1.95 bits per heavy atom. The number of ether oxygens (including phenoxy) is 1. The van der Waals surface area contributed by atoms with Gasteiger partial charge in [0.25, 0.3) is 8.32 Å². The maximum Gasteiger partial charge on any atom is 0.413 e. The monoisotopic (exact) mass is 721 g/mol. The van der Waals surface area contributed by atoms with E-state index in [0.717, 1.165) is 34.1 Å². The van der Waals surface area contributed by atoms with Crippen LogP contribution in [-0.2, 0) is 21.3 Å². The molecule has 0 bridgehead atoms. The van der Waals surface area contributed by atoms with E-state index in [2.05, 4.69) is 130 Å². The van der Waals surface area contributed by atoms with Gasteiger partial charge < -0.3 is 9.16 Å². The van der Waals surface area contributed by atoms with Crippen molar-refractivity contribution in [2.24, 2.45) is 0 Å². The predicted molar refractivity (Wildman–Crippen MR) is 189 cm³/mol. The highest BCUT2D eigenvalue weighted by Crippen LogP contribution is 2.44. The van der Waals surface area contributed by atoms with Gasteiger partial charge in [0.05, 0.1) is 14.8 Å². The van der Waals surface area contributed by atoms with E-state index in [4.69, 9.17) is 14.3 Å².